The maximum Gasteiger partial charge on any atom is 0.472 e. The van der Waals surface area contributed by atoms with Crippen molar-refractivity contribution < 1.29 is 80.2 Å². The molecule has 0 bridgehead atoms. The number of ether oxygens (including phenoxy) is 4. The molecule has 0 heterocycles. The molecule has 0 rings (SSSR count). The molecule has 0 saturated carbocycles. The van der Waals surface area contributed by atoms with Crippen LogP contribution in [0.5, 0.6) is 0 Å². The number of allylic oxidation sites excluding steroid dienone is 20. The lowest BCUT2D eigenvalue weighted by atomic mass is 10.1. The van der Waals surface area contributed by atoms with Crippen molar-refractivity contribution >= 4 is 39.5 Å². The van der Waals surface area contributed by atoms with Crippen molar-refractivity contribution in [3.63, 3.8) is 0 Å². The molecule has 0 aromatic heterocycles. The quantitative estimate of drug-likeness (QED) is 0.0169. The van der Waals surface area contributed by atoms with Crippen molar-refractivity contribution in [1.29, 1.82) is 0 Å². The number of aliphatic hydroxyl groups excluding tert-OH is 1. The average molecular weight is 1500 g/mol. The molecular weight excluding hydrogens is 1350 g/mol. The van der Waals surface area contributed by atoms with Gasteiger partial charge in [0.2, 0.25) is 0 Å². The van der Waals surface area contributed by atoms with Gasteiger partial charge in [-0.2, -0.15) is 0 Å². The molecule has 0 spiro atoms. The minimum atomic E-state index is -5.00. The maximum atomic E-state index is 13.1. The van der Waals surface area contributed by atoms with E-state index in [2.05, 4.69) is 131 Å². The molecule has 5 atom stereocenters. The second-order valence-corrected chi connectivity index (χ2v) is 29.9. The van der Waals surface area contributed by atoms with E-state index in [-0.39, 0.29) is 25.7 Å². The predicted octanol–water partition coefficient (Wildman–Crippen LogP) is 23.9. The number of rotatable bonds is 76. The second kappa shape index (κ2) is 76.6. The molecule has 0 aromatic carbocycles. The normalized spacial score (nSPS) is 14.5. The van der Waals surface area contributed by atoms with Crippen LogP contribution < -0.4 is 0 Å². The van der Waals surface area contributed by atoms with E-state index in [0.29, 0.717) is 32.1 Å². The fraction of sp³-hybridized carbons (Fsp3) is 0.718. The highest BCUT2D eigenvalue weighted by Crippen LogP contribution is 2.45. The van der Waals surface area contributed by atoms with Gasteiger partial charge >= 0.3 is 39.5 Å². The van der Waals surface area contributed by atoms with Gasteiger partial charge in [-0.05, 0) is 148 Å². The van der Waals surface area contributed by atoms with Crippen LogP contribution in [-0.4, -0.2) is 96.7 Å². The fourth-order valence-electron chi connectivity index (χ4n) is 10.7. The summed E-state index contributed by atoms with van der Waals surface area (Å²) in [7, 11) is -9.98. The Bertz CT molecular complexity index is 2440. The van der Waals surface area contributed by atoms with Gasteiger partial charge in [0.15, 0.2) is 12.2 Å². The first-order chi connectivity index (χ1) is 50.7. The number of hydrogen-bond donors (Lipinski definition) is 3. The monoisotopic (exact) mass is 1500 g/mol. The van der Waals surface area contributed by atoms with Crippen LogP contribution in [0.3, 0.4) is 0 Å². The molecule has 3 N–H and O–H groups in total. The van der Waals surface area contributed by atoms with Crippen molar-refractivity contribution in [1.82, 2.24) is 0 Å². The third kappa shape index (κ3) is 75.7. The van der Waals surface area contributed by atoms with Gasteiger partial charge in [0.1, 0.15) is 19.3 Å². The van der Waals surface area contributed by atoms with Crippen LogP contribution in [0.25, 0.3) is 0 Å². The number of phosphoric ester groups is 2. The summed E-state index contributed by atoms with van der Waals surface area (Å²) >= 11 is 0. The Balaban J connectivity index is 5.43. The van der Waals surface area contributed by atoms with E-state index in [1.165, 1.54) is 70.6 Å². The first-order valence-electron chi connectivity index (χ1n) is 40.8. The Morgan fingerprint density at radius 3 is 0.856 bits per heavy atom. The van der Waals surface area contributed by atoms with Crippen LogP contribution in [0.4, 0.5) is 0 Å². The number of unbranched alkanes of at least 4 members (excludes halogenated alkanes) is 30. The largest absolute Gasteiger partial charge is 0.472 e. The van der Waals surface area contributed by atoms with Crippen LogP contribution in [0.1, 0.15) is 336 Å². The van der Waals surface area contributed by atoms with Gasteiger partial charge in [-0.25, -0.2) is 9.13 Å². The number of phosphoric acid groups is 2. The smallest absolute Gasteiger partial charge is 0.462 e. The number of carbonyl (C=O) groups is 4. The van der Waals surface area contributed by atoms with E-state index in [9.17, 15) is 43.2 Å². The Labute approximate surface area is 632 Å². The molecule has 2 unspecified atom stereocenters. The zero-order chi connectivity index (χ0) is 76.0. The molecule has 0 aliphatic heterocycles. The standard InChI is InChI=1S/C85H146O17P2/c1-5-9-13-17-21-25-29-33-37-38-39-40-44-46-50-54-58-62-66-70-83(88)96-76-81(102-85(90)72-68-64-60-56-52-48-43-36-32-28-24-20-16-12-8-4)78-100-104(93,94)98-74-79(86)73-97-103(91,92)99-77-80(101-84(89)71-67-63-59-55-51-47-42-35-31-27-23-19-15-11-7-3)75-95-82(87)69-65-61-57-53-49-45-41-34-30-26-22-18-14-10-6-2/h9,13,21-22,25-28,31-34,37,39-41,46,50,58,62,79-81,86H,5-8,10-12,14-20,23-24,29-30,35-36,38,42-45,47-49,51-57,59-61,63-78H2,1-4H3,(H,91,92)(H,93,94)/b13-9-,25-21-,26-22-,31-27-,32-28-,37-33-,40-39-,41-34-,50-46-,62-58-/t79-,80+,81+/m0/s1. The lowest BCUT2D eigenvalue weighted by molar-refractivity contribution is -0.161. The highest BCUT2D eigenvalue weighted by Gasteiger charge is 2.30. The number of esters is 4. The van der Waals surface area contributed by atoms with E-state index < -0.39 is 97.5 Å². The Hall–Kier alpha value is -4.54. The van der Waals surface area contributed by atoms with E-state index in [1.54, 1.807) is 0 Å². The Kier molecular flexibility index (Phi) is 73.3. The molecule has 104 heavy (non-hydrogen) atoms. The van der Waals surface area contributed by atoms with E-state index in [4.69, 9.17) is 37.0 Å². The zero-order valence-corrected chi connectivity index (χ0v) is 67.2. The number of carbonyl (C=O) groups excluding carboxylic acids is 4. The minimum absolute atomic E-state index is 0.0339. The summed E-state index contributed by atoms with van der Waals surface area (Å²) in [5, 5.41) is 10.6. The SMILES string of the molecule is CC/C=C\C/C=C\C/C=C\C/C=C\C/C=C\C/C=C\CCC(=O)OC[C@H](COP(=O)(O)OC[C@@H](O)COP(=O)(O)OC[C@@H](COC(=O)CCCCCCC/C=C\C/C=C\CCCCC)OC(=O)CCCCCCCCC/C=C\CCCCCC)OC(=O)CCCCCCCCC/C=C\CCCCCC. The molecule has 17 nitrogen and oxygen atoms in total. The van der Waals surface area contributed by atoms with E-state index in [1.807, 2.05) is 18.2 Å². The number of hydrogen-bond acceptors (Lipinski definition) is 15. The average Bonchev–Trinajstić information content (AvgIpc) is 0.918. The van der Waals surface area contributed by atoms with Crippen molar-refractivity contribution in [2.45, 2.75) is 354 Å². The van der Waals surface area contributed by atoms with Crippen molar-refractivity contribution in [2.24, 2.45) is 0 Å². The lowest BCUT2D eigenvalue weighted by Gasteiger charge is -2.21. The summed E-state index contributed by atoms with van der Waals surface area (Å²) in [6.45, 7) is 4.63. The summed E-state index contributed by atoms with van der Waals surface area (Å²) < 4.78 is 68.6. The summed E-state index contributed by atoms with van der Waals surface area (Å²) in [4.78, 5) is 73.0. The molecule has 0 fully saturated rings. The second-order valence-electron chi connectivity index (χ2n) is 27.0. The summed E-state index contributed by atoms with van der Waals surface area (Å²) in [5.74, 6) is -2.29. The maximum absolute atomic E-state index is 13.1. The van der Waals surface area contributed by atoms with Gasteiger partial charge < -0.3 is 33.8 Å². The Morgan fingerprint density at radius 1 is 0.279 bits per heavy atom. The third-order valence-corrected chi connectivity index (χ3v) is 18.8. The van der Waals surface area contributed by atoms with Gasteiger partial charge in [-0.15, -0.1) is 0 Å². The molecular formula is C85H146O17P2. The van der Waals surface area contributed by atoms with Crippen molar-refractivity contribution in [3.05, 3.63) is 122 Å². The molecule has 0 saturated heterocycles. The molecule has 598 valence electrons. The third-order valence-electron chi connectivity index (χ3n) is 16.9. The zero-order valence-electron chi connectivity index (χ0n) is 65.4. The van der Waals surface area contributed by atoms with Crippen LogP contribution in [0.2, 0.25) is 0 Å². The van der Waals surface area contributed by atoms with E-state index >= 15 is 0 Å². The first kappa shape index (κ1) is 99.5. The minimum Gasteiger partial charge on any atom is -0.462 e. The van der Waals surface area contributed by atoms with Crippen molar-refractivity contribution in [2.75, 3.05) is 39.6 Å². The Morgan fingerprint density at radius 2 is 0.519 bits per heavy atom. The summed E-state index contributed by atoms with van der Waals surface area (Å²) in [5.41, 5.74) is 0. The molecule has 19 heteroatoms. The molecule has 0 aliphatic rings. The first-order valence-corrected chi connectivity index (χ1v) is 43.8. The molecule has 0 amide bonds. The number of aliphatic hydroxyl groups is 1. The summed E-state index contributed by atoms with van der Waals surface area (Å²) in [6, 6.07) is 0. The van der Waals surface area contributed by atoms with Gasteiger partial charge in [0.25, 0.3) is 0 Å². The van der Waals surface area contributed by atoms with Crippen LogP contribution in [-0.2, 0) is 65.4 Å². The lowest BCUT2D eigenvalue weighted by Crippen LogP contribution is -2.30. The van der Waals surface area contributed by atoms with Crippen LogP contribution >= 0.6 is 15.6 Å². The van der Waals surface area contributed by atoms with Crippen LogP contribution in [0, 0.1) is 0 Å². The van der Waals surface area contributed by atoms with Gasteiger partial charge in [0.05, 0.1) is 26.4 Å². The predicted molar refractivity (Wildman–Crippen MR) is 427 cm³/mol. The molecule has 0 aromatic rings. The van der Waals surface area contributed by atoms with Crippen molar-refractivity contribution in [3.8, 4) is 0 Å². The fourth-order valence-corrected chi connectivity index (χ4v) is 12.3. The van der Waals surface area contributed by atoms with E-state index in [0.717, 1.165) is 180 Å². The summed E-state index contributed by atoms with van der Waals surface area (Å²) in [6.07, 6.45) is 84.7. The highest BCUT2D eigenvalue weighted by atomic mass is 31.2. The van der Waals surface area contributed by atoms with Gasteiger partial charge in [-0.3, -0.25) is 37.3 Å². The molecule has 0 radical (unpaired) electrons. The topological polar surface area (TPSA) is 237 Å². The highest BCUT2D eigenvalue weighted by molar-refractivity contribution is 7.47. The van der Waals surface area contributed by atoms with Crippen LogP contribution in [0.15, 0.2) is 122 Å². The van der Waals surface area contributed by atoms with Gasteiger partial charge in [0, 0.05) is 25.7 Å². The van der Waals surface area contributed by atoms with Gasteiger partial charge in [-0.1, -0.05) is 284 Å². The molecule has 0 aliphatic carbocycles.